The van der Waals surface area contributed by atoms with E-state index in [4.69, 9.17) is 0 Å². The highest BCUT2D eigenvalue weighted by molar-refractivity contribution is 5.21. The Hall–Kier alpha value is -1.62. The zero-order valence-corrected chi connectivity index (χ0v) is 11.7. The minimum Gasteiger partial charge on any atom is -0.306 e. The lowest BCUT2D eigenvalue weighted by atomic mass is 10.1. The van der Waals surface area contributed by atoms with Crippen molar-refractivity contribution in [2.75, 3.05) is 0 Å². The molecule has 5 heteroatoms. The Bertz CT molecular complexity index is 538. The van der Waals surface area contributed by atoms with Gasteiger partial charge in [0.1, 0.15) is 0 Å². The fourth-order valence-electron chi connectivity index (χ4n) is 2.03. The van der Waals surface area contributed by atoms with Gasteiger partial charge in [-0.2, -0.15) is 10.2 Å². The van der Waals surface area contributed by atoms with Crippen LogP contribution in [-0.2, 0) is 20.6 Å². The predicted octanol–water partition coefficient (Wildman–Crippen LogP) is 1.62. The number of aryl methyl sites for hydroxylation is 2. The zero-order chi connectivity index (χ0) is 13.3. The fraction of sp³-hybridized carbons (Fsp3) is 0.538. The van der Waals surface area contributed by atoms with Gasteiger partial charge in [0.15, 0.2) is 0 Å². The fourth-order valence-corrected chi connectivity index (χ4v) is 2.03. The molecule has 1 N–H and O–H groups in total. The van der Waals surface area contributed by atoms with E-state index in [1.54, 1.807) is 0 Å². The normalized spacial score (nSPS) is 12.9. The van der Waals surface area contributed by atoms with E-state index in [-0.39, 0.29) is 0 Å². The second-order valence-electron chi connectivity index (χ2n) is 4.79. The van der Waals surface area contributed by atoms with Crippen LogP contribution >= 0.6 is 0 Å². The molecule has 0 aliphatic heterocycles. The maximum absolute atomic E-state index is 4.27. The smallest absolute Gasteiger partial charge is 0.0540 e. The predicted molar refractivity (Wildman–Crippen MR) is 71.1 cm³/mol. The van der Waals surface area contributed by atoms with Crippen LogP contribution in [0.1, 0.15) is 35.5 Å². The second-order valence-corrected chi connectivity index (χ2v) is 4.79. The number of nitrogens with one attached hydrogen (secondary N) is 1. The van der Waals surface area contributed by atoms with Gasteiger partial charge in [-0.15, -0.1) is 0 Å². The van der Waals surface area contributed by atoms with Crippen molar-refractivity contribution in [1.82, 2.24) is 24.9 Å². The molecule has 0 saturated heterocycles. The van der Waals surface area contributed by atoms with Crippen LogP contribution in [0, 0.1) is 13.8 Å². The Kier molecular flexibility index (Phi) is 3.52. The van der Waals surface area contributed by atoms with E-state index in [2.05, 4.69) is 36.3 Å². The SMILES string of the molecule is Cc1c(CNC(C)c2cnn(C)c2C)cnn1C. The first-order valence-electron chi connectivity index (χ1n) is 6.20. The van der Waals surface area contributed by atoms with Gasteiger partial charge in [-0.3, -0.25) is 9.36 Å². The van der Waals surface area contributed by atoms with Gasteiger partial charge >= 0.3 is 0 Å². The highest BCUT2D eigenvalue weighted by Crippen LogP contribution is 2.17. The van der Waals surface area contributed by atoms with Crippen molar-refractivity contribution in [3.05, 3.63) is 34.9 Å². The third-order valence-corrected chi connectivity index (χ3v) is 3.68. The van der Waals surface area contributed by atoms with E-state index in [9.17, 15) is 0 Å². The van der Waals surface area contributed by atoms with E-state index in [1.807, 2.05) is 35.9 Å². The van der Waals surface area contributed by atoms with Crippen molar-refractivity contribution < 1.29 is 0 Å². The van der Waals surface area contributed by atoms with Gasteiger partial charge in [0.05, 0.1) is 12.4 Å². The Balaban J connectivity index is 2.02. The summed E-state index contributed by atoms with van der Waals surface area (Å²) in [4.78, 5) is 0. The number of nitrogens with zero attached hydrogens (tertiary/aromatic N) is 4. The largest absolute Gasteiger partial charge is 0.306 e. The first kappa shape index (κ1) is 12.8. The third-order valence-electron chi connectivity index (χ3n) is 3.68. The van der Waals surface area contributed by atoms with E-state index >= 15 is 0 Å². The average molecular weight is 247 g/mol. The Morgan fingerprint density at radius 2 is 1.72 bits per heavy atom. The van der Waals surface area contributed by atoms with Crippen molar-refractivity contribution >= 4 is 0 Å². The minimum absolute atomic E-state index is 0.290. The number of hydrogen-bond donors (Lipinski definition) is 1. The Morgan fingerprint density at radius 1 is 1.11 bits per heavy atom. The summed E-state index contributed by atoms with van der Waals surface area (Å²) in [5.74, 6) is 0. The van der Waals surface area contributed by atoms with E-state index in [1.165, 1.54) is 22.5 Å². The highest BCUT2D eigenvalue weighted by atomic mass is 15.3. The summed E-state index contributed by atoms with van der Waals surface area (Å²) >= 11 is 0. The molecule has 2 aromatic heterocycles. The molecule has 0 saturated carbocycles. The van der Waals surface area contributed by atoms with Gasteiger partial charge in [0.25, 0.3) is 0 Å². The van der Waals surface area contributed by atoms with Crippen LogP contribution in [0.4, 0.5) is 0 Å². The lowest BCUT2D eigenvalue weighted by Crippen LogP contribution is -2.19. The van der Waals surface area contributed by atoms with Gasteiger partial charge in [-0.25, -0.2) is 0 Å². The summed E-state index contributed by atoms with van der Waals surface area (Å²) in [6.45, 7) is 7.17. The van der Waals surface area contributed by atoms with Crippen LogP contribution in [0.5, 0.6) is 0 Å². The van der Waals surface area contributed by atoms with Gasteiger partial charge in [-0.1, -0.05) is 0 Å². The summed E-state index contributed by atoms with van der Waals surface area (Å²) in [7, 11) is 3.93. The van der Waals surface area contributed by atoms with Crippen LogP contribution in [0.3, 0.4) is 0 Å². The van der Waals surface area contributed by atoms with Gasteiger partial charge in [-0.05, 0) is 20.8 Å². The van der Waals surface area contributed by atoms with Gasteiger partial charge < -0.3 is 5.32 Å². The summed E-state index contributed by atoms with van der Waals surface area (Å²) in [6.07, 6.45) is 3.86. The zero-order valence-electron chi connectivity index (χ0n) is 11.7. The van der Waals surface area contributed by atoms with E-state index in [0.29, 0.717) is 6.04 Å². The summed E-state index contributed by atoms with van der Waals surface area (Å²) in [5, 5.41) is 12.0. The first-order valence-corrected chi connectivity index (χ1v) is 6.20. The van der Waals surface area contributed by atoms with Crippen molar-refractivity contribution in [3.8, 4) is 0 Å². The quantitative estimate of drug-likeness (QED) is 0.893. The molecule has 0 bridgehead atoms. The molecule has 0 aromatic carbocycles. The molecular formula is C13H21N5. The van der Waals surface area contributed by atoms with E-state index < -0.39 is 0 Å². The molecule has 2 rings (SSSR count). The molecule has 1 atom stereocenters. The average Bonchev–Trinajstić information content (AvgIpc) is 2.83. The third kappa shape index (κ3) is 2.31. The standard InChI is InChI=1S/C13H21N5/c1-9(13-8-16-18(5)11(13)3)14-6-12-7-15-17(4)10(12)2/h7-9,14H,6H2,1-5H3. The molecule has 98 valence electrons. The van der Waals surface area contributed by atoms with Crippen LogP contribution in [0.2, 0.25) is 0 Å². The number of aromatic nitrogens is 4. The monoisotopic (exact) mass is 247 g/mol. The summed E-state index contributed by atoms with van der Waals surface area (Å²) in [6, 6.07) is 0.290. The molecule has 18 heavy (non-hydrogen) atoms. The number of hydrogen-bond acceptors (Lipinski definition) is 3. The molecule has 0 radical (unpaired) electrons. The molecule has 0 fully saturated rings. The molecule has 5 nitrogen and oxygen atoms in total. The lowest BCUT2D eigenvalue weighted by molar-refractivity contribution is 0.568. The first-order chi connectivity index (χ1) is 8.50. The Labute approximate surface area is 108 Å². The van der Waals surface area contributed by atoms with Crippen LogP contribution in [-0.4, -0.2) is 19.6 Å². The molecular weight excluding hydrogens is 226 g/mol. The molecule has 0 aliphatic rings. The second kappa shape index (κ2) is 4.94. The lowest BCUT2D eigenvalue weighted by Gasteiger charge is -2.13. The maximum atomic E-state index is 4.27. The number of rotatable bonds is 4. The van der Waals surface area contributed by atoms with Gasteiger partial charge in [0.2, 0.25) is 0 Å². The van der Waals surface area contributed by atoms with Crippen molar-refractivity contribution in [3.63, 3.8) is 0 Å². The van der Waals surface area contributed by atoms with Crippen molar-refractivity contribution in [1.29, 1.82) is 0 Å². The summed E-state index contributed by atoms with van der Waals surface area (Å²) < 4.78 is 3.81. The van der Waals surface area contributed by atoms with Crippen LogP contribution in [0.15, 0.2) is 12.4 Å². The highest BCUT2D eigenvalue weighted by Gasteiger charge is 2.12. The molecule has 0 amide bonds. The van der Waals surface area contributed by atoms with Gasteiger partial charge in [0, 0.05) is 49.2 Å². The summed E-state index contributed by atoms with van der Waals surface area (Å²) in [5.41, 5.74) is 4.90. The molecule has 2 heterocycles. The molecule has 0 aliphatic carbocycles. The van der Waals surface area contributed by atoms with Crippen molar-refractivity contribution in [2.24, 2.45) is 14.1 Å². The van der Waals surface area contributed by atoms with Crippen LogP contribution < -0.4 is 5.32 Å². The minimum atomic E-state index is 0.290. The Morgan fingerprint density at radius 3 is 2.22 bits per heavy atom. The van der Waals surface area contributed by atoms with Crippen molar-refractivity contribution in [2.45, 2.75) is 33.4 Å². The van der Waals surface area contributed by atoms with Crippen LogP contribution in [0.25, 0.3) is 0 Å². The maximum Gasteiger partial charge on any atom is 0.0540 e. The topological polar surface area (TPSA) is 47.7 Å². The molecule has 0 spiro atoms. The molecule has 2 aromatic rings. The van der Waals surface area contributed by atoms with E-state index in [0.717, 1.165) is 6.54 Å². The molecule has 1 unspecified atom stereocenters.